The van der Waals surface area contributed by atoms with Gasteiger partial charge in [0.15, 0.2) is 0 Å². The Kier molecular flexibility index (Phi) is 2.83. The second-order valence-electron chi connectivity index (χ2n) is 3.61. The molecular formula is C14H3FN4. The molecule has 0 aliphatic heterocycles. The average molecular weight is 246 g/mol. The topological polar surface area (TPSA) is 95.2 Å². The maximum atomic E-state index is 13.8. The van der Waals surface area contributed by atoms with Gasteiger partial charge < -0.3 is 0 Å². The first-order valence-electron chi connectivity index (χ1n) is 5.08. The molecule has 4 nitrogen and oxygen atoms in total. The standard InChI is InChI=1S/C14H3FN4/c15-13-3-1-2-8-9(4-16)10(5-17)11(6-18)12(7-19)14(8)13/h1-3H. The Morgan fingerprint density at radius 1 is 0.737 bits per heavy atom. The molecular weight excluding hydrogens is 243 g/mol. The largest absolute Gasteiger partial charge is 0.206 e. The van der Waals surface area contributed by atoms with Crippen molar-refractivity contribution >= 4 is 10.8 Å². The fourth-order valence-electron chi connectivity index (χ4n) is 1.95. The van der Waals surface area contributed by atoms with Crippen LogP contribution < -0.4 is 0 Å². The Morgan fingerprint density at radius 3 is 1.79 bits per heavy atom. The summed E-state index contributed by atoms with van der Waals surface area (Å²) in [5.41, 5.74) is -0.766. The van der Waals surface area contributed by atoms with Crippen LogP contribution in [-0.2, 0) is 0 Å². The molecule has 0 atom stereocenters. The van der Waals surface area contributed by atoms with Gasteiger partial charge >= 0.3 is 0 Å². The van der Waals surface area contributed by atoms with Crippen LogP contribution >= 0.6 is 0 Å². The van der Waals surface area contributed by atoms with E-state index in [4.69, 9.17) is 21.0 Å². The van der Waals surface area contributed by atoms with Crippen molar-refractivity contribution in [2.75, 3.05) is 0 Å². The lowest BCUT2D eigenvalue weighted by molar-refractivity contribution is 0.639. The molecule has 2 rings (SSSR count). The van der Waals surface area contributed by atoms with Gasteiger partial charge in [0.25, 0.3) is 0 Å². The molecule has 5 heteroatoms. The van der Waals surface area contributed by atoms with Crippen LogP contribution in [0.2, 0.25) is 0 Å². The minimum Gasteiger partial charge on any atom is -0.206 e. The Hall–Kier alpha value is -3.41. The normalized spacial score (nSPS) is 9.11. The third-order valence-electron chi connectivity index (χ3n) is 2.73. The van der Waals surface area contributed by atoms with E-state index in [-0.39, 0.29) is 33.0 Å². The molecule has 0 N–H and O–H groups in total. The molecule has 0 bridgehead atoms. The van der Waals surface area contributed by atoms with Gasteiger partial charge in [-0.25, -0.2) is 4.39 Å². The molecule has 0 heterocycles. The van der Waals surface area contributed by atoms with Crippen molar-refractivity contribution in [1.82, 2.24) is 0 Å². The van der Waals surface area contributed by atoms with Gasteiger partial charge in [0, 0.05) is 10.8 Å². The first-order chi connectivity index (χ1) is 9.19. The molecule has 2 aromatic carbocycles. The number of fused-ring (bicyclic) bond motifs is 1. The number of nitrogens with zero attached hydrogens (tertiary/aromatic N) is 4. The predicted molar refractivity (Wildman–Crippen MR) is 62.8 cm³/mol. The van der Waals surface area contributed by atoms with Crippen LogP contribution in [0.5, 0.6) is 0 Å². The Labute approximate surface area is 107 Å². The van der Waals surface area contributed by atoms with E-state index in [2.05, 4.69) is 0 Å². The lowest BCUT2D eigenvalue weighted by Crippen LogP contribution is -1.99. The average Bonchev–Trinajstić information content (AvgIpc) is 2.44. The second kappa shape index (κ2) is 4.46. The SMILES string of the molecule is N#Cc1c(C#N)c(C#N)c2c(F)cccc2c1C#N. The van der Waals surface area contributed by atoms with Gasteiger partial charge in [-0.2, -0.15) is 21.0 Å². The number of rotatable bonds is 0. The van der Waals surface area contributed by atoms with Gasteiger partial charge in [0.05, 0.1) is 22.3 Å². The number of hydrogen-bond donors (Lipinski definition) is 0. The zero-order valence-corrected chi connectivity index (χ0v) is 9.40. The van der Waals surface area contributed by atoms with Gasteiger partial charge in [-0.1, -0.05) is 12.1 Å². The van der Waals surface area contributed by atoms with E-state index in [0.29, 0.717) is 0 Å². The molecule has 0 aliphatic rings. The van der Waals surface area contributed by atoms with Crippen LogP contribution in [0.15, 0.2) is 18.2 Å². The van der Waals surface area contributed by atoms with E-state index in [1.54, 1.807) is 24.3 Å². The van der Waals surface area contributed by atoms with Gasteiger partial charge in [0.1, 0.15) is 30.1 Å². The second-order valence-corrected chi connectivity index (χ2v) is 3.61. The summed E-state index contributed by atoms with van der Waals surface area (Å²) in [7, 11) is 0. The van der Waals surface area contributed by atoms with E-state index in [0.717, 1.165) is 6.07 Å². The zero-order valence-electron chi connectivity index (χ0n) is 9.40. The summed E-state index contributed by atoms with van der Waals surface area (Å²) in [6.45, 7) is 0. The summed E-state index contributed by atoms with van der Waals surface area (Å²) in [6, 6.07) is 10.9. The minimum atomic E-state index is -0.702. The summed E-state index contributed by atoms with van der Waals surface area (Å²) in [4.78, 5) is 0. The van der Waals surface area contributed by atoms with E-state index in [1.807, 2.05) is 0 Å². The van der Waals surface area contributed by atoms with Crippen molar-refractivity contribution in [3.8, 4) is 24.3 Å². The molecule has 86 valence electrons. The third kappa shape index (κ3) is 1.55. The molecule has 0 unspecified atom stereocenters. The highest BCUT2D eigenvalue weighted by molar-refractivity contribution is 5.97. The highest BCUT2D eigenvalue weighted by Crippen LogP contribution is 2.31. The highest BCUT2D eigenvalue weighted by atomic mass is 19.1. The predicted octanol–water partition coefficient (Wildman–Crippen LogP) is 2.47. The lowest BCUT2D eigenvalue weighted by Gasteiger charge is -2.08. The third-order valence-corrected chi connectivity index (χ3v) is 2.73. The summed E-state index contributed by atoms with van der Waals surface area (Å²) < 4.78 is 13.8. The van der Waals surface area contributed by atoms with Crippen LogP contribution in [-0.4, -0.2) is 0 Å². The number of nitriles is 4. The fourth-order valence-corrected chi connectivity index (χ4v) is 1.95. The molecule has 0 saturated carbocycles. The molecule has 0 aromatic heterocycles. The summed E-state index contributed by atoms with van der Waals surface area (Å²) in [5, 5.41) is 36.4. The molecule has 0 spiro atoms. The summed E-state index contributed by atoms with van der Waals surface area (Å²) in [6.07, 6.45) is 0. The first-order valence-corrected chi connectivity index (χ1v) is 5.08. The first kappa shape index (κ1) is 12.1. The van der Waals surface area contributed by atoms with E-state index >= 15 is 0 Å². The Balaban J connectivity index is 3.27. The van der Waals surface area contributed by atoms with Crippen LogP contribution in [0.3, 0.4) is 0 Å². The number of benzene rings is 2. The van der Waals surface area contributed by atoms with Crippen LogP contribution in [0.1, 0.15) is 22.3 Å². The molecule has 0 radical (unpaired) electrons. The van der Waals surface area contributed by atoms with Crippen molar-refractivity contribution in [1.29, 1.82) is 21.0 Å². The quantitative estimate of drug-likeness (QED) is 0.713. The van der Waals surface area contributed by atoms with Crippen LogP contribution in [0.25, 0.3) is 10.8 Å². The number of halogens is 1. The van der Waals surface area contributed by atoms with E-state index < -0.39 is 5.82 Å². The van der Waals surface area contributed by atoms with Gasteiger partial charge in [-0.3, -0.25) is 0 Å². The fraction of sp³-hybridized carbons (Fsp3) is 0. The zero-order chi connectivity index (χ0) is 14.0. The maximum Gasteiger partial charge on any atom is 0.132 e. The van der Waals surface area contributed by atoms with E-state index in [1.165, 1.54) is 12.1 Å². The number of hydrogen-bond acceptors (Lipinski definition) is 4. The Morgan fingerprint density at radius 2 is 1.26 bits per heavy atom. The summed E-state index contributed by atoms with van der Waals surface area (Å²) in [5.74, 6) is -0.702. The molecule has 19 heavy (non-hydrogen) atoms. The highest BCUT2D eigenvalue weighted by Gasteiger charge is 2.21. The monoisotopic (exact) mass is 246 g/mol. The van der Waals surface area contributed by atoms with E-state index in [9.17, 15) is 4.39 Å². The molecule has 0 aliphatic carbocycles. The lowest BCUT2D eigenvalue weighted by atomic mass is 9.90. The molecule has 0 amide bonds. The van der Waals surface area contributed by atoms with Gasteiger partial charge in [0.2, 0.25) is 0 Å². The van der Waals surface area contributed by atoms with Crippen LogP contribution in [0.4, 0.5) is 4.39 Å². The van der Waals surface area contributed by atoms with Crippen molar-refractivity contribution in [2.24, 2.45) is 0 Å². The van der Waals surface area contributed by atoms with Crippen molar-refractivity contribution in [3.63, 3.8) is 0 Å². The Bertz CT molecular complexity index is 870. The van der Waals surface area contributed by atoms with Gasteiger partial charge in [-0.15, -0.1) is 0 Å². The van der Waals surface area contributed by atoms with Crippen LogP contribution in [0, 0.1) is 51.1 Å². The molecule has 2 aromatic rings. The van der Waals surface area contributed by atoms with Crippen molar-refractivity contribution < 1.29 is 4.39 Å². The smallest absolute Gasteiger partial charge is 0.132 e. The maximum absolute atomic E-state index is 13.8. The van der Waals surface area contributed by atoms with Crippen molar-refractivity contribution in [3.05, 3.63) is 46.3 Å². The summed E-state index contributed by atoms with van der Waals surface area (Å²) >= 11 is 0. The van der Waals surface area contributed by atoms with Crippen molar-refractivity contribution in [2.45, 2.75) is 0 Å². The molecule has 0 saturated heterocycles. The molecule has 0 fully saturated rings. The minimum absolute atomic E-state index is 0.0902. The van der Waals surface area contributed by atoms with Gasteiger partial charge in [-0.05, 0) is 6.07 Å².